The summed E-state index contributed by atoms with van der Waals surface area (Å²) in [5.74, 6) is 1.86. The van der Waals surface area contributed by atoms with Crippen LogP contribution in [0.15, 0.2) is 46.3 Å². The molecule has 1 N–H and O–H groups in total. The number of amidine groups is 1. The minimum atomic E-state index is -1.05. The molecule has 1 aliphatic heterocycles. The van der Waals surface area contributed by atoms with Gasteiger partial charge in [0.05, 0.1) is 27.8 Å². The fourth-order valence-corrected chi connectivity index (χ4v) is 4.07. The Bertz CT molecular complexity index is 1170. The van der Waals surface area contributed by atoms with Crippen LogP contribution in [0.25, 0.3) is 6.08 Å². The number of thioether (sulfide) groups is 1. The molecule has 3 rings (SSSR count). The first-order valence-electron chi connectivity index (χ1n) is 9.46. The molecule has 0 unspecified atom stereocenters. The summed E-state index contributed by atoms with van der Waals surface area (Å²) in [4.78, 5) is 30.2. The molecule has 32 heavy (non-hydrogen) atoms. The van der Waals surface area contributed by atoms with Crippen LogP contribution < -0.4 is 9.47 Å². The molecule has 7 nitrogen and oxygen atoms in total. The van der Waals surface area contributed by atoms with Gasteiger partial charge < -0.3 is 14.6 Å². The smallest absolute Gasteiger partial charge is 0.335 e. The fraction of sp³-hybridized carbons (Fsp3) is 0.174. The van der Waals surface area contributed by atoms with E-state index in [9.17, 15) is 9.59 Å². The lowest BCUT2D eigenvalue weighted by Crippen LogP contribution is -2.23. The maximum absolute atomic E-state index is 12.7. The molecule has 2 aromatic carbocycles. The van der Waals surface area contributed by atoms with Crippen molar-refractivity contribution in [3.8, 4) is 23.8 Å². The summed E-state index contributed by atoms with van der Waals surface area (Å²) in [6.45, 7) is 2.27. The van der Waals surface area contributed by atoms with Crippen molar-refractivity contribution < 1.29 is 24.2 Å². The van der Waals surface area contributed by atoms with Crippen molar-refractivity contribution in [2.24, 2.45) is 4.99 Å². The van der Waals surface area contributed by atoms with Crippen LogP contribution in [0.5, 0.6) is 11.5 Å². The Morgan fingerprint density at radius 3 is 2.81 bits per heavy atom. The topological polar surface area (TPSA) is 88.4 Å². The second-order valence-electron chi connectivity index (χ2n) is 6.48. The molecule has 0 aliphatic carbocycles. The van der Waals surface area contributed by atoms with Gasteiger partial charge in [-0.15, -0.1) is 6.42 Å². The summed E-state index contributed by atoms with van der Waals surface area (Å²) < 4.78 is 11.1. The number of likely N-dealkylation sites (N-methyl/N-ethyl adjacent to an activating group) is 1. The van der Waals surface area contributed by atoms with Gasteiger partial charge in [0.1, 0.15) is 6.61 Å². The molecule has 0 aromatic heterocycles. The summed E-state index contributed by atoms with van der Waals surface area (Å²) in [6, 6.07) is 9.56. The van der Waals surface area contributed by atoms with E-state index in [2.05, 4.69) is 10.9 Å². The highest BCUT2D eigenvalue weighted by Gasteiger charge is 2.30. The predicted molar refractivity (Wildman–Crippen MR) is 126 cm³/mol. The van der Waals surface area contributed by atoms with Crippen LogP contribution in [-0.2, 0) is 4.79 Å². The number of aliphatic imine (C=N–C) groups is 1. The molecule has 0 atom stereocenters. The molecule has 9 heteroatoms. The SMILES string of the molecule is C#CCOc1c(Cl)cc(/C=C2/SC(=Nc3cccc(C(=O)O)c3)N(C)C2=O)cc1OCC. The molecule has 0 bridgehead atoms. The quantitative estimate of drug-likeness (QED) is 0.466. The number of carbonyl (C=O) groups excluding carboxylic acids is 1. The summed E-state index contributed by atoms with van der Waals surface area (Å²) in [7, 11) is 1.60. The van der Waals surface area contributed by atoms with Crippen LogP contribution in [0.2, 0.25) is 5.02 Å². The van der Waals surface area contributed by atoms with Gasteiger partial charge in [-0.2, -0.15) is 0 Å². The normalized spacial score (nSPS) is 15.8. The van der Waals surface area contributed by atoms with Crippen molar-refractivity contribution in [3.63, 3.8) is 0 Å². The number of carboxylic acids is 1. The van der Waals surface area contributed by atoms with E-state index in [1.165, 1.54) is 28.8 Å². The monoisotopic (exact) mass is 470 g/mol. The van der Waals surface area contributed by atoms with Crippen LogP contribution >= 0.6 is 23.4 Å². The number of amides is 1. The number of carboxylic acid groups (broad SMARTS) is 1. The van der Waals surface area contributed by atoms with Crippen LogP contribution in [0, 0.1) is 12.3 Å². The fourth-order valence-electron chi connectivity index (χ4n) is 2.81. The van der Waals surface area contributed by atoms with Gasteiger partial charge in [-0.05, 0) is 60.7 Å². The molecule has 0 spiro atoms. The lowest BCUT2D eigenvalue weighted by atomic mass is 10.1. The van der Waals surface area contributed by atoms with Crippen molar-refractivity contribution in [2.45, 2.75) is 6.92 Å². The number of halogens is 1. The van der Waals surface area contributed by atoms with Crippen LogP contribution in [0.4, 0.5) is 5.69 Å². The Hall–Kier alpha value is -3.41. The molecular weight excluding hydrogens is 452 g/mol. The number of nitrogens with zero attached hydrogens (tertiary/aromatic N) is 2. The first-order valence-corrected chi connectivity index (χ1v) is 10.7. The van der Waals surface area contributed by atoms with Crippen molar-refractivity contribution in [1.29, 1.82) is 0 Å². The molecule has 0 radical (unpaired) electrons. The van der Waals surface area contributed by atoms with Crippen molar-refractivity contribution in [3.05, 3.63) is 57.5 Å². The van der Waals surface area contributed by atoms with E-state index < -0.39 is 5.97 Å². The lowest BCUT2D eigenvalue weighted by molar-refractivity contribution is -0.121. The maximum Gasteiger partial charge on any atom is 0.335 e. The van der Waals surface area contributed by atoms with Gasteiger partial charge in [-0.1, -0.05) is 23.6 Å². The van der Waals surface area contributed by atoms with E-state index in [1.54, 1.807) is 37.4 Å². The highest BCUT2D eigenvalue weighted by Crippen LogP contribution is 2.39. The Morgan fingerprint density at radius 1 is 1.34 bits per heavy atom. The summed E-state index contributed by atoms with van der Waals surface area (Å²) in [5.41, 5.74) is 1.19. The van der Waals surface area contributed by atoms with E-state index in [4.69, 9.17) is 32.6 Å². The van der Waals surface area contributed by atoms with E-state index in [-0.39, 0.29) is 18.1 Å². The molecular formula is C23H19ClN2O5S. The number of terminal acetylenes is 1. The van der Waals surface area contributed by atoms with Crippen molar-refractivity contribution in [2.75, 3.05) is 20.3 Å². The Balaban J connectivity index is 1.92. The minimum absolute atomic E-state index is 0.0439. The molecule has 1 heterocycles. The highest BCUT2D eigenvalue weighted by atomic mass is 35.5. The predicted octanol–water partition coefficient (Wildman–Crippen LogP) is 4.68. The summed E-state index contributed by atoms with van der Waals surface area (Å²) in [6.07, 6.45) is 6.93. The minimum Gasteiger partial charge on any atom is -0.490 e. The van der Waals surface area contributed by atoms with Gasteiger partial charge in [-0.3, -0.25) is 9.69 Å². The number of hydrogen-bond donors (Lipinski definition) is 1. The second-order valence-corrected chi connectivity index (χ2v) is 7.90. The van der Waals surface area contributed by atoms with Gasteiger partial charge in [0.25, 0.3) is 5.91 Å². The van der Waals surface area contributed by atoms with Crippen molar-refractivity contribution >= 4 is 52.2 Å². The molecule has 1 amide bonds. The molecule has 1 fully saturated rings. The van der Waals surface area contributed by atoms with Gasteiger partial charge in [0, 0.05) is 7.05 Å². The van der Waals surface area contributed by atoms with Crippen LogP contribution in [0.1, 0.15) is 22.8 Å². The molecule has 0 saturated carbocycles. The average Bonchev–Trinajstić information content (AvgIpc) is 3.01. The number of ether oxygens (including phenoxy) is 2. The zero-order valence-electron chi connectivity index (χ0n) is 17.3. The van der Waals surface area contributed by atoms with Crippen molar-refractivity contribution in [1.82, 2.24) is 4.90 Å². The van der Waals surface area contributed by atoms with Gasteiger partial charge in [-0.25, -0.2) is 9.79 Å². The van der Waals surface area contributed by atoms with E-state index in [0.29, 0.717) is 44.5 Å². The Kier molecular flexibility index (Phi) is 7.46. The lowest BCUT2D eigenvalue weighted by Gasteiger charge is -2.13. The molecule has 2 aromatic rings. The van der Waals surface area contributed by atoms with E-state index in [1.807, 2.05) is 6.92 Å². The number of benzene rings is 2. The third kappa shape index (κ3) is 5.25. The van der Waals surface area contributed by atoms with E-state index in [0.717, 1.165) is 0 Å². The number of carbonyl (C=O) groups is 2. The highest BCUT2D eigenvalue weighted by molar-refractivity contribution is 8.18. The van der Waals surface area contributed by atoms with Crippen LogP contribution in [-0.4, -0.2) is 47.3 Å². The summed E-state index contributed by atoms with van der Waals surface area (Å²) in [5, 5.41) is 9.89. The molecule has 1 aliphatic rings. The second kappa shape index (κ2) is 10.3. The number of rotatable bonds is 7. The largest absolute Gasteiger partial charge is 0.490 e. The van der Waals surface area contributed by atoms with Gasteiger partial charge in [0.15, 0.2) is 16.7 Å². The standard InChI is InChI=1S/C23H19ClN2O5S/c1-4-9-31-20-17(24)10-14(11-18(20)30-5-2)12-19-21(27)26(3)23(32-19)25-16-8-6-7-15(13-16)22(28)29/h1,6-8,10-13H,5,9H2,2-3H3,(H,28,29)/b19-12+,25-23?. The summed E-state index contributed by atoms with van der Waals surface area (Å²) >= 11 is 7.53. The van der Waals surface area contributed by atoms with Gasteiger partial charge in [0.2, 0.25) is 0 Å². The first-order chi connectivity index (χ1) is 15.3. The zero-order valence-corrected chi connectivity index (χ0v) is 18.9. The average molecular weight is 471 g/mol. The Labute approximate surface area is 194 Å². The van der Waals surface area contributed by atoms with Crippen LogP contribution in [0.3, 0.4) is 0 Å². The third-order valence-electron chi connectivity index (χ3n) is 4.25. The van der Waals surface area contributed by atoms with E-state index >= 15 is 0 Å². The zero-order chi connectivity index (χ0) is 23.3. The molecule has 164 valence electrons. The Morgan fingerprint density at radius 2 is 2.12 bits per heavy atom. The number of aromatic carboxylic acids is 1. The third-order valence-corrected chi connectivity index (χ3v) is 5.59. The van der Waals surface area contributed by atoms with Gasteiger partial charge >= 0.3 is 5.97 Å². The number of hydrogen-bond acceptors (Lipinski definition) is 6. The maximum atomic E-state index is 12.7. The first kappa shape index (κ1) is 23.3. The molecule has 1 saturated heterocycles.